The molecule has 0 bridgehead atoms. The van der Waals surface area contributed by atoms with Crippen molar-refractivity contribution in [3.05, 3.63) is 63.6 Å². The van der Waals surface area contributed by atoms with Gasteiger partial charge in [0.2, 0.25) is 10.0 Å². The number of methoxy groups -OCH3 is 1. The van der Waals surface area contributed by atoms with E-state index in [9.17, 15) is 23.1 Å². The topological polar surface area (TPSA) is 101 Å². The van der Waals surface area contributed by atoms with Gasteiger partial charge in [-0.3, -0.25) is 0 Å². The van der Waals surface area contributed by atoms with Crippen LogP contribution in [0.25, 0.3) is 0 Å². The quantitative estimate of drug-likeness (QED) is 0.688. The van der Waals surface area contributed by atoms with E-state index in [-0.39, 0.29) is 39.0 Å². The lowest BCUT2D eigenvalue weighted by Gasteiger charge is -2.34. The smallest absolute Gasteiger partial charge is 0.337 e. The van der Waals surface area contributed by atoms with E-state index in [1.165, 1.54) is 49.6 Å². The number of sulfonamides is 1. The maximum absolute atomic E-state index is 13.3. The van der Waals surface area contributed by atoms with Crippen LogP contribution in [0.1, 0.15) is 28.8 Å². The normalized spacial score (nSPS) is 19.8. The molecule has 1 fully saturated rings. The first kappa shape index (κ1) is 21.6. The number of nitrogens with zero attached hydrogens (tertiary/aromatic N) is 1. The summed E-state index contributed by atoms with van der Waals surface area (Å²) in [4.78, 5) is 23.8. The predicted molar refractivity (Wildman–Crippen MR) is 107 cm³/mol. The fourth-order valence-electron chi connectivity index (χ4n) is 3.55. The molecule has 1 aliphatic heterocycles. The molecule has 0 aromatic heterocycles. The van der Waals surface area contributed by atoms with Gasteiger partial charge in [-0.05, 0) is 48.7 Å². The van der Waals surface area contributed by atoms with Crippen molar-refractivity contribution < 1.29 is 27.9 Å². The molecule has 7 nitrogen and oxygen atoms in total. The Kier molecular flexibility index (Phi) is 5.91. The molecule has 10 heteroatoms. The zero-order chi connectivity index (χ0) is 21.4. The van der Waals surface area contributed by atoms with Gasteiger partial charge in [-0.1, -0.05) is 35.3 Å². The largest absolute Gasteiger partial charge is 0.480 e. The van der Waals surface area contributed by atoms with Crippen molar-refractivity contribution in [3.63, 3.8) is 0 Å². The van der Waals surface area contributed by atoms with E-state index in [1.54, 1.807) is 0 Å². The minimum Gasteiger partial charge on any atom is -0.480 e. The number of hydrogen-bond donors (Lipinski definition) is 1. The zero-order valence-electron chi connectivity index (χ0n) is 15.3. The molecule has 1 aliphatic rings. The summed E-state index contributed by atoms with van der Waals surface area (Å²) in [7, 11) is -2.99. The van der Waals surface area contributed by atoms with E-state index >= 15 is 0 Å². The van der Waals surface area contributed by atoms with Gasteiger partial charge in [0.25, 0.3) is 0 Å². The highest BCUT2D eigenvalue weighted by atomic mass is 35.5. The van der Waals surface area contributed by atoms with E-state index < -0.39 is 27.5 Å². The lowest BCUT2D eigenvalue weighted by molar-refractivity contribution is -0.147. The van der Waals surface area contributed by atoms with Crippen LogP contribution in [0.2, 0.25) is 10.0 Å². The van der Waals surface area contributed by atoms with Crippen LogP contribution in [0.5, 0.6) is 0 Å². The molecule has 0 amide bonds. The minimum absolute atomic E-state index is 0.0114. The molecule has 3 rings (SSSR count). The number of ether oxygens (including phenoxy) is 1. The zero-order valence-corrected chi connectivity index (χ0v) is 17.6. The molecule has 2 aromatic carbocycles. The number of halogens is 2. The fraction of sp³-hybridized carbons (Fsp3) is 0.263. The summed E-state index contributed by atoms with van der Waals surface area (Å²) < 4.78 is 32.2. The number of benzene rings is 2. The molecular formula is C19H17Cl2NO6S. The van der Waals surface area contributed by atoms with Gasteiger partial charge in [0.1, 0.15) is 0 Å². The standard InChI is InChI=1S/C19H17Cl2NO6S/c1-28-17(23)12-3-5-13(6-4-12)19(18(24)25)7-2-8-22(19)29(26,27)16-10-14(20)9-15(21)11-16/h3-6,9-11H,2,7-8H2,1H3,(H,24,25). The van der Waals surface area contributed by atoms with Crippen molar-refractivity contribution in [2.24, 2.45) is 0 Å². The molecule has 0 radical (unpaired) electrons. The van der Waals surface area contributed by atoms with Crippen LogP contribution in [0, 0.1) is 0 Å². The first-order chi connectivity index (χ1) is 13.6. The summed E-state index contributed by atoms with van der Waals surface area (Å²) >= 11 is 11.9. The number of carbonyl (C=O) groups excluding carboxylic acids is 1. The van der Waals surface area contributed by atoms with Crippen molar-refractivity contribution in [3.8, 4) is 0 Å². The number of carboxylic acid groups (broad SMARTS) is 1. The van der Waals surface area contributed by atoms with Gasteiger partial charge in [0, 0.05) is 16.6 Å². The molecule has 0 saturated carbocycles. The second-order valence-electron chi connectivity index (χ2n) is 6.52. The van der Waals surface area contributed by atoms with E-state index in [0.29, 0.717) is 6.42 Å². The van der Waals surface area contributed by atoms with Crippen molar-refractivity contribution in [2.45, 2.75) is 23.3 Å². The Morgan fingerprint density at radius 3 is 2.21 bits per heavy atom. The summed E-state index contributed by atoms with van der Waals surface area (Å²) in [5.41, 5.74) is -1.35. The monoisotopic (exact) mass is 457 g/mol. The first-order valence-corrected chi connectivity index (χ1v) is 10.7. The Morgan fingerprint density at radius 2 is 1.69 bits per heavy atom. The third kappa shape index (κ3) is 3.73. The predicted octanol–water partition coefficient (Wildman–Crippen LogP) is 3.54. The maximum Gasteiger partial charge on any atom is 0.337 e. The van der Waals surface area contributed by atoms with Crippen molar-refractivity contribution >= 4 is 45.2 Å². The average molecular weight is 458 g/mol. The Hall–Kier alpha value is -2.13. The number of hydrogen-bond acceptors (Lipinski definition) is 5. The lowest BCUT2D eigenvalue weighted by atomic mass is 9.88. The van der Waals surface area contributed by atoms with Gasteiger partial charge in [-0.25, -0.2) is 18.0 Å². The number of carboxylic acids is 1. The lowest BCUT2D eigenvalue weighted by Crippen LogP contribution is -2.50. The van der Waals surface area contributed by atoms with Crippen LogP contribution >= 0.6 is 23.2 Å². The average Bonchev–Trinajstić information content (AvgIpc) is 3.14. The van der Waals surface area contributed by atoms with E-state index in [2.05, 4.69) is 4.74 Å². The number of rotatable bonds is 5. The minimum atomic E-state index is -4.22. The molecule has 0 spiro atoms. The molecule has 29 heavy (non-hydrogen) atoms. The summed E-state index contributed by atoms with van der Waals surface area (Å²) in [6, 6.07) is 9.53. The third-order valence-corrected chi connectivity index (χ3v) is 7.23. The second-order valence-corrected chi connectivity index (χ2v) is 9.26. The van der Waals surface area contributed by atoms with Crippen LogP contribution in [-0.2, 0) is 25.1 Å². The Morgan fingerprint density at radius 1 is 1.10 bits per heavy atom. The molecule has 1 atom stereocenters. The van der Waals surface area contributed by atoms with Gasteiger partial charge in [0.15, 0.2) is 5.54 Å². The van der Waals surface area contributed by atoms with Crippen LogP contribution in [0.3, 0.4) is 0 Å². The number of carbonyl (C=O) groups is 2. The molecular weight excluding hydrogens is 441 g/mol. The highest BCUT2D eigenvalue weighted by Crippen LogP contribution is 2.43. The Bertz CT molecular complexity index is 1050. The van der Waals surface area contributed by atoms with Crippen LogP contribution in [-0.4, -0.2) is 43.4 Å². The third-order valence-electron chi connectivity index (χ3n) is 4.89. The first-order valence-electron chi connectivity index (χ1n) is 8.54. The van der Waals surface area contributed by atoms with Gasteiger partial charge < -0.3 is 9.84 Å². The number of aliphatic carboxylic acids is 1. The van der Waals surface area contributed by atoms with Crippen molar-refractivity contribution in [1.29, 1.82) is 0 Å². The highest BCUT2D eigenvalue weighted by molar-refractivity contribution is 7.89. The Balaban J connectivity index is 2.13. The molecule has 1 heterocycles. The summed E-state index contributed by atoms with van der Waals surface area (Å²) in [6.45, 7) is 0.0114. The van der Waals surface area contributed by atoms with Gasteiger partial charge >= 0.3 is 11.9 Å². The van der Waals surface area contributed by atoms with Gasteiger partial charge in [-0.2, -0.15) is 4.31 Å². The van der Waals surface area contributed by atoms with Crippen molar-refractivity contribution in [2.75, 3.05) is 13.7 Å². The SMILES string of the molecule is COC(=O)c1ccc(C2(C(=O)O)CCCN2S(=O)(=O)c2cc(Cl)cc(Cl)c2)cc1. The highest BCUT2D eigenvalue weighted by Gasteiger charge is 2.54. The molecule has 1 unspecified atom stereocenters. The molecule has 2 aromatic rings. The van der Waals surface area contributed by atoms with E-state index in [4.69, 9.17) is 23.2 Å². The second kappa shape index (κ2) is 7.95. The molecule has 1 saturated heterocycles. The molecule has 1 N–H and O–H groups in total. The van der Waals surface area contributed by atoms with E-state index in [0.717, 1.165) is 4.31 Å². The van der Waals surface area contributed by atoms with Gasteiger partial charge in [0.05, 0.1) is 17.6 Å². The maximum atomic E-state index is 13.3. The summed E-state index contributed by atoms with van der Waals surface area (Å²) in [5.74, 6) is -1.89. The molecule has 0 aliphatic carbocycles. The molecule has 154 valence electrons. The van der Waals surface area contributed by atoms with Gasteiger partial charge in [-0.15, -0.1) is 0 Å². The van der Waals surface area contributed by atoms with Crippen molar-refractivity contribution in [1.82, 2.24) is 4.31 Å². The van der Waals surface area contributed by atoms with Crippen LogP contribution < -0.4 is 0 Å². The Labute approximate surface area is 177 Å². The van der Waals surface area contributed by atoms with Crippen LogP contribution in [0.4, 0.5) is 0 Å². The number of esters is 1. The van der Waals surface area contributed by atoms with E-state index in [1.807, 2.05) is 0 Å². The summed E-state index contributed by atoms with van der Waals surface area (Å²) in [6.07, 6.45) is 0.423. The summed E-state index contributed by atoms with van der Waals surface area (Å²) in [5, 5.41) is 10.3. The fourth-order valence-corrected chi connectivity index (χ4v) is 6.07. The van der Waals surface area contributed by atoms with Crippen LogP contribution in [0.15, 0.2) is 47.4 Å².